The van der Waals surface area contributed by atoms with Crippen molar-refractivity contribution in [2.75, 3.05) is 38.0 Å². The van der Waals surface area contributed by atoms with Crippen LogP contribution in [0, 0.1) is 0 Å². The molecule has 8 nitrogen and oxygen atoms in total. The summed E-state index contributed by atoms with van der Waals surface area (Å²) in [6, 6.07) is -0.159. The average molecular weight is 243 g/mol. The number of anilines is 2. The second-order valence-electron chi connectivity index (χ2n) is 3.21. The highest BCUT2D eigenvalue weighted by Crippen LogP contribution is 2.09. The van der Waals surface area contributed by atoms with Gasteiger partial charge in [-0.25, -0.2) is 0 Å². The lowest BCUT2D eigenvalue weighted by atomic mass is 10.3. The Hall–Kier alpha value is -1.67. The zero-order chi connectivity index (χ0) is 12.7. The predicted octanol–water partition coefficient (Wildman–Crippen LogP) is -0.728. The highest BCUT2D eigenvalue weighted by Gasteiger charge is 2.11. The number of aliphatic hydroxyl groups excluding tert-OH is 1. The Kier molecular flexibility index (Phi) is 5.37. The summed E-state index contributed by atoms with van der Waals surface area (Å²) in [6.07, 6.45) is 0. The van der Waals surface area contributed by atoms with Gasteiger partial charge in [-0.3, -0.25) is 0 Å². The Labute approximate surface area is 99.2 Å². The third-order valence-electron chi connectivity index (χ3n) is 1.83. The van der Waals surface area contributed by atoms with Gasteiger partial charge in [-0.05, 0) is 6.92 Å². The molecule has 0 amide bonds. The Balaban J connectivity index is 2.75. The molecule has 0 aliphatic rings. The molecule has 1 rings (SSSR count). The molecule has 0 aliphatic carbocycles. The number of nitrogens with two attached hydrogens (primary N) is 1. The van der Waals surface area contributed by atoms with Crippen molar-refractivity contribution in [1.29, 1.82) is 0 Å². The van der Waals surface area contributed by atoms with Crippen LogP contribution in [0.4, 0.5) is 11.9 Å². The molecule has 4 N–H and O–H groups in total. The van der Waals surface area contributed by atoms with Crippen LogP contribution < -0.4 is 15.8 Å². The fraction of sp³-hybridized carbons (Fsp3) is 0.667. The molecule has 8 heteroatoms. The SMILES string of the molecule is CCOc1nc(N)nc(NC(CO)COC)n1. The molecule has 0 radical (unpaired) electrons. The van der Waals surface area contributed by atoms with Crippen LogP contribution in [0.3, 0.4) is 0 Å². The molecule has 0 aliphatic heterocycles. The zero-order valence-corrected chi connectivity index (χ0v) is 9.88. The summed E-state index contributed by atoms with van der Waals surface area (Å²) < 4.78 is 10.0. The maximum Gasteiger partial charge on any atom is 0.323 e. The fourth-order valence-corrected chi connectivity index (χ4v) is 1.15. The number of aliphatic hydroxyl groups is 1. The van der Waals surface area contributed by atoms with E-state index in [4.69, 9.17) is 20.3 Å². The summed E-state index contributed by atoms with van der Waals surface area (Å²) >= 11 is 0. The summed E-state index contributed by atoms with van der Waals surface area (Å²) in [6.45, 7) is 2.47. The maximum absolute atomic E-state index is 9.08. The quantitative estimate of drug-likeness (QED) is 0.574. The van der Waals surface area contributed by atoms with E-state index in [-0.39, 0.29) is 30.6 Å². The lowest BCUT2D eigenvalue weighted by Gasteiger charge is -2.15. The topological polar surface area (TPSA) is 115 Å². The van der Waals surface area contributed by atoms with Crippen LogP contribution in [0.15, 0.2) is 0 Å². The average Bonchev–Trinajstić information content (AvgIpc) is 2.28. The molecule has 0 spiro atoms. The second-order valence-corrected chi connectivity index (χ2v) is 3.21. The van der Waals surface area contributed by atoms with Crippen LogP contribution in [-0.4, -0.2) is 53.0 Å². The van der Waals surface area contributed by atoms with Crippen molar-refractivity contribution in [3.05, 3.63) is 0 Å². The molecule has 0 bridgehead atoms. The Morgan fingerprint density at radius 2 is 2.18 bits per heavy atom. The van der Waals surface area contributed by atoms with E-state index in [1.807, 2.05) is 6.92 Å². The number of nitrogen functional groups attached to an aromatic ring is 1. The first-order valence-electron chi connectivity index (χ1n) is 5.20. The number of hydrogen-bond acceptors (Lipinski definition) is 8. The van der Waals surface area contributed by atoms with Crippen molar-refractivity contribution in [1.82, 2.24) is 15.0 Å². The highest BCUT2D eigenvalue weighted by molar-refractivity contribution is 5.33. The molecule has 0 saturated heterocycles. The minimum Gasteiger partial charge on any atom is -0.464 e. The number of aromatic nitrogens is 3. The van der Waals surface area contributed by atoms with E-state index < -0.39 is 0 Å². The van der Waals surface area contributed by atoms with Crippen LogP contribution in [0.25, 0.3) is 0 Å². The number of nitrogens with zero attached hydrogens (tertiary/aromatic N) is 3. The number of methoxy groups -OCH3 is 1. The number of rotatable bonds is 7. The largest absolute Gasteiger partial charge is 0.464 e. The Morgan fingerprint density at radius 3 is 2.76 bits per heavy atom. The van der Waals surface area contributed by atoms with Crippen molar-refractivity contribution < 1.29 is 14.6 Å². The van der Waals surface area contributed by atoms with Gasteiger partial charge in [0.2, 0.25) is 11.9 Å². The molecule has 0 fully saturated rings. The fourth-order valence-electron chi connectivity index (χ4n) is 1.15. The van der Waals surface area contributed by atoms with Crippen molar-refractivity contribution in [2.45, 2.75) is 13.0 Å². The first kappa shape index (κ1) is 13.4. The molecule has 1 aromatic rings. The summed E-state index contributed by atoms with van der Waals surface area (Å²) in [7, 11) is 1.54. The normalized spacial score (nSPS) is 12.2. The van der Waals surface area contributed by atoms with Crippen LogP contribution in [0.2, 0.25) is 0 Å². The van der Waals surface area contributed by atoms with Crippen LogP contribution in [0.1, 0.15) is 6.92 Å². The second kappa shape index (κ2) is 6.81. The number of nitrogens with one attached hydrogen (secondary N) is 1. The van der Waals surface area contributed by atoms with E-state index >= 15 is 0 Å². The Bertz CT molecular complexity index is 349. The summed E-state index contributed by atoms with van der Waals surface area (Å²) in [5.74, 6) is 0.303. The highest BCUT2D eigenvalue weighted by atomic mass is 16.5. The lowest BCUT2D eigenvalue weighted by Crippen LogP contribution is -2.30. The predicted molar refractivity (Wildman–Crippen MR) is 61.8 cm³/mol. The standard InChI is InChI=1S/C9H17N5O3/c1-3-17-9-13-7(10)12-8(14-9)11-6(4-15)5-16-2/h6,15H,3-5H2,1-2H3,(H3,10,11,12,13,14). The van der Waals surface area contributed by atoms with Gasteiger partial charge in [0.25, 0.3) is 0 Å². The van der Waals surface area contributed by atoms with Gasteiger partial charge >= 0.3 is 6.01 Å². The molecule has 0 saturated carbocycles. The van der Waals surface area contributed by atoms with Gasteiger partial charge in [-0.2, -0.15) is 15.0 Å². The third kappa shape index (κ3) is 4.37. The van der Waals surface area contributed by atoms with E-state index in [1.165, 1.54) is 7.11 Å². The zero-order valence-electron chi connectivity index (χ0n) is 9.88. The minimum absolute atomic E-state index is 0.0556. The van der Waals surface area contributed by atoms with E-state index in [9.17, 15) is 0 Å². The van der Waals surface area contributed by atoms with Crippen molar-refractivity contribution in [2.24, 2.45) is 0 Å². The molecule has 96 valence electrons. The van der Waals surface area contributed by atoms with Gasteiger partial charge in [-0.1, -0.05) is 0 Å². The first-order chi connectivity index (χ1) is 8.19. The van der Waals surface area contributed by atoms with E-state index in [1.54, 1.807) is 0 Å². The summed E-state index contributed by atoms with van der Waals surface area (Å²) in [5, 5.41) is 12.0. The van der Waals surface area contributed by atoms with Gasteiger partial charge in [-0.15, -0.1) is 0 Å². The number of hydrogen-bond donors (Lipinski definition) is 3. The van der Waals surface area contributed by atoms with E-state index in [0.717, 1.165) is 0 Å². The summed E-state index contributed by atoms with van der Waals surface area (Å²) in [5.41, 5.74) is 5.50. The Morgan fingerprint density at radius 1 is 1.41 bits per heavy atom. The lowest BCUT2D eigenvalue weighted by molar-refractivity contribution is 0.153. The van der Waals surface area contributed by atoms with Crippen molar-refractivity contribution >= 4 is 11.9 Å². The van der Waals surface area contributed by atoms with Gasteiger partial charge in [0.05, 0.1) is 25.9 Å². The van der Waals surface area contributed by atoms with E-state index in [2.05, 4.69) is 20.3 Å². The van der Waals surface area contributed by atoms with Gasteiger partial charge in [0.1, 0.15) is 0 Å². The third-order valence-corrected chi connectivity index (χ3v) is 1.83. The van der Waals surface area contributed by atoms with Gasteiger partial charge in [0.15, 0.2) is 0 Å². The first-order valence-corrected chi connectivity index (χ1v) is 5.20. The van der Waals surface area contributed by atoms with Crippen LogP contribution in [-0.2, 0) is 4.74 Å². The molecular weight excluding hydrogens is 226 g/mol. The smallest absolute Gasteiger partial charge is 0.323 e. The molecule has 0 aromatic carbocycles. The minimum atomic E-state index is -0.309. The molecule has 1 aromatic heterocycles. The summed E-state index contributed by atoms with van der Waals surface area (Å²) in [4.78, 5) is 11.7. The van der Waals surface area contributed by atoms with Crippen molar-refractivity contribution in [3.63, 3.8) is 0 Å². The van der Waals surface area contributed by atoms with Crippen molar-refractivity contribution in [3.8, 4) is 6.01 Å². The maximum atomic E-state index is 9.08. The molecule has 17 heavy (non-hydrogen) atoms. The molecule has 1 atom stereocenters. The van der Waals surface area contributed by atoms with E-state index in [0.29, 0.717) is 13.2 Å². The van der Waals surface area contributed by atoms with Gasteiger partial charge in [0, 0.05) is 7.11 Å². The molecule has 1 unspecified atom stereocenters. The number of ether oxygens (including phenoxy) is 2. The molecule has 1 heterocycles. The van der Waals surface area contributed by atoms with Crippen LogP contribution in [0.5, 0.6) is 6.01 Å². The molecular formula is C9H17N5O3. The van der Waals surface area contributed by atoms with Crippen LogP contribution >= 0.6 is 0 Å². The van der Waals surface area contributed by atoms with Gasteiger partial charge < -0.3 is 25.6 Å². The monoisotopic (exact) mass is 243 g/mol.